The van der Waals surface area contributed by atoms with Gasteiger partial charge >= 0.3 is 0 Å². The van der Waals surface area contributed by atoms with E-state index in [-0.39, 0.29) is 22.4 Å². The SMILES string of the molecule is CCN1C(=O)S/C(=C/c2cc([N+](=O)[O-])ccc2OC)C1=O. The summed E-state index contributed by atoms with van der Waals surface area (Å²) in [7, 11) is 1.43. The monoisotopic (exact) mass is 308 g/mol. The number of hydrogen-bond acceptors (Lipinski definition) is 6. The van der Waals surface area contributed by atoms with Crippen LogP contribution in [0.15, 0.2) is 23.1 Å². The first-order chi connectivity index (χ1) is 9.97. The number of carbonyl (C=O) groups is 2. The summed E-state index contributed by atoms with van der Waals surface area (Å²) < 4.78 is 5.12. The Morgan fingerprint density at radius 3 is 2.67 bits per heavy atom. The van der Waals surface area contributed by atoms with E-state index < -0.39 is 10.8 Å². The van der Waals surface area contributed by atoms with Crippen molar-refractivity contribution in [1.82, 2.24) is 4.90 Å². The van der Waals surface area contributed by atoms with Gasteiger partial charge in [-0.15, -0.1) is 0 Å². The van der Waals surface area contributed by atoms with Gasteiger partial charge in [-0.25, -0.2) is 0 Å². The Bertz CT molecular complexity index is 656. The molecule has 0 N–H and O–H groups in total. The van der Waals surface area contributed by atoms with E-state index in [9.17, 15) is 19.7 Å². The lowest BCUT2D eigenvalue weighted by molar-refractivity contribution is -0.384. The second-order valence-corrected chi connectivity index (χ2v) is 5.10. The standard InChI is InChI=1S/C13H12N2O5S/c1-3-14-12(16)11(21-13(14)17)7-8-6-9(15(18)19)4-5-10(8)20-2/h4-7H,3H2,1-2H3/b11-7+. The van der Waals surface area contributed by atoms with E-state index in [2.05, 4.69) is 0 Å². The molecular weight excluding hydrogens is 296 g/mol. The summed E-state index contributed by atoms with van der Waals surface area (Å²) >= 11 is 0.808. The summed E-state index contributed by atoms with van der Waals surface area (Å²) in [5.74, 6) is -0.00930. The molecule has 0 bridgehead atoms. The van der Waals surface area contributed by atoms with Crippen molar-refractivity contribution < 1.29 is 19.2 Å². The number of nitrogens with zero attached hydrogens (tertiary/aromatic N) is 2. The van der Waals surface area contributed by atoms with E-state index in [0.717, 1.165) is 16.7 Å². The Morgan fingerprint density at radius 1 is 1.43 bits per heavy atom. The molecular formula is C13H12N2O5S. The van der Waals surface area contributed by atoms with Gasteiger partial charge in [0.1, 0.15) is 5.75 Å². The number of nitro groups is 1. The molecule has 0 radical (unpaired) electrons. The maximum atomic E-state index is 12.0. The van der Waals surface area contributed by atoms with Gasteiger partial charge in [-0.2, -0.15) is 0 Å². The molecule has 1 aliphatic rings. The third-order valence-electron chi connectivity index (χ3n) is 2.90. The Morgan fingerprint density at radius 2 is 2.14 bits per heavy atom. The molecule has 21 heavy (non-hydrogen) atoms. The van der Waals surface area contributed by atoms with Crippen molar-refractivity contribution in [2.75, 3.05) is 13.7 Å². The molecule has 1 aromatic carbocycles. The van der Waals surface area contributed by atoms with E-state index in [4.69, 9.17) is 4.74 Å². The molecule has 1 aromatic rings. The van der Waals surface area contributed by atoms with Crippen molar-refractivity contribution in [3.63, 3.8) is 0 Å². The number of amides is 2. The third kappa shape index (κ3) is 2.89. The van der Waals surface area contributed by atoms with Crippen molar-refractivity contribution in [2.24, 2.45) is 0 Å². The normalized spacial score (nSPS) is 16.7. The number of imide groups is 1. The number of non-ortho nitro benzene ring substituents is 1. The van der Waals surface area contributed by atoms with Gasteiger partial charge in [-0.1, -0.05) is 0 Å². The Labute approximate surface area is 124 Å². The minimum Gasteiger partial charge on any atom is -0.496 e. The van der Waals surface area contributed by atoms with Gasteiger partial charge in [0, 0.05) is 24.2 Å². The highest BCUT2D eigenvalue weighted by Crippen LogP contribution is 2.34. The fourth-order valence-corrected chi connectivity index (χ4v) is 2.76. The smallest absolute Gasteiger partial charge is 0.293 e. The highest BCUT2D eigenvalue weighted by Gasteiger charge is 2.33. The predicted octanol–water partition coefficient (Wildman–Crippen LogP) is 2.66. The van der Waals surface area contributed by atoms with Gasteiger partial charge in [0.05, 0.1) is 16.9 Å². The summed E-state index contributed by atoms with van der Waals surface area (Å²) in [5, 5.41) is 10.5. The molecule has 1 heterocycles. The van der Waals surface area contributed by atoms with Crippen molar-refractivity contribution in [3.05, 3.63) is 38.8 Å². The molecule has 110 valence electrons. The second kappa shape index (κ2) is 5.96. The van der Waals surface area contributed by atoms with Crippen LogP contribution < -0.4 is 4.74 Å². The Balaban J connectivity index is 2.45. The van der Waals surface area contributed by atoms with Crippen LogP contribution in [0.1, 0.15) is 12.5 Å². The predicted molar refractivity (Wildman–Crippen MR) is 78.0 cm³/mol. The average Bonchev–Trinajstić information content (AvgIpc) is 2.72. The first kappa shape index (κ1) is 15.0. The molecule has 0 atom stereocenters. The number of likely N-dealkylation sites (N-methyl/N-ethyl adjacent to an activating group) is 1. The fraction of sp³-hybridized carbons (Fsp3) is 0.231. The molecule has 8 heteroatoms. The zero-order valence-electron chi connectivity index (χ0n) is 11.4. The number of thioether (sulfide) groups is 1. The molecule has 1 fully saturated rings. The molecule has 2 amide bonds. The van der Waals surface area contributed by atoms with Crippen LogP contribution in [0.2, 0.25) is 0 Å². The van der Waals surface area contributed by atoms with Crippen LogP contribution in [0.25, 0.3) is 6.08 Å². The van der Waals surface area contributed by atoms with E-state index in [1.54, 1.807) is 6.92 Å². The number of hydrogen-bond donors (Lipinski definition) is 0. The molecule has 7 nitrogen and oxygen atoms in total. The minimum atomic E-state index is -0.533. The number of carbonyl (C=O) groups excluding carboxylic acids is 2. The number of ether oxygens (including phenoxy) is 1. The molecule has 1 saturated heterocycles. The lowest BCUT2D eigenvalue weighted by Gasteiger charge is -2.07. The molecule has 0 spiro atoms. The quantitative estimate of drug-likeness (QED) is 0.482. The largest absolute Gasteiger partial charge is 0.496 e. The molecule has 0 aromatic heterocycles. The summed E-state index contributed by atoms with van der Waals surface area (Å²) in [5.41, 5.74) is 0.269. The summed E-state index contributed by atoms with van der Waals surface area (Å²) in [6.45, 7) is 1.99. The van der Waals surface area contributed by atoms with Crippen molar-refractivity contribution in [3.8, 4) is 5.75 Å². The van der Waals surface area contributed by atoms with Gasteiger partial charge < -0.3 is 4.74 Å². The van der Waals surface area contributed by atoms with E-state index in [1.165, 1.54) is 31.4 Å². The summed E-state index contributed by atoms with van der Waals surface area (Å²) in [4.78, 5) is 35.3. The van der Waals surface area contributed by atoms with Crippen LogP contribution in [-0.4, -0.2) is 34.6 Å². The van der Waals surface area contributed by atoms with Crippen molar-refractivity contribution in [1.29, 1.82) is 0 Å². The maximum absolute atomic E-state index is 12.0. The van der Waals surface area contributed by atoms with E-state index >= 15 is 0 Å². The van der Waals surface area contributed by atoms with Crippen molar-refractivity contribution >= 4 is 34.7 Å². The summed E-state index contributed by atoms with van der Waals surface area (Å²) in [6, 6.07) is 4.07. The van der Waals surface area contributed by atoms with Crippen LogP contribution in [0, 0.1) is 10.1 Å². The second-order valence-electron chi connectivity index (χ2n) is 4.11. The first-order valence-corrected chi connectivity index (χ1v) is 6.87. The van der Waals surface area contributed by atoms with Gasteiger partial charge in [0.25, 0.3) is 16.8 Å². The van der Waals surface area contributed by atoms with Crippen LogP contribution in [0.3, 0.4) is 0 Å². The zero-order chi connectivity index (χ0) is 15.6. The van der Waals surface area contributed by atoms with Gasteiger partial charge in [0.2, 0.25) is 0 Å². The topological polar surface area (TPSA) is 89.8 Å². The first-order valence-electron chi connectivity index (χ1n) is 6.05. The van der Waals surface area contributed by atoms with E-state index in [1.807, 2.05) is 0 Å². The maximum Gasteiger partial charge on any atom is 0.293 e. The molecule has 0 unspecified atom stereocenters. The molecule has 0 saturated carbocycles. The van der Waals surface area contributed by atoms with E-state index in [0.29, 0.717) is 11.3 Å². The van der Waals surface area contributed by atoms with Gasteiger partial charge in [0.15, 0.2) is 0 Å². The molecule has 0 aliphatic carbocycles. The third-order valence-corrected chi connectivity index (χ3v) is 3.81. The number of methoxy groups -OCH3 is 1. The molecule has 1 aliphatic heterocycles. The highest BCUT2D eigenvalue weighted by atomic mass is 32.2. The van der Waals surface area contributed by atoms with Gasteiger partial charge in [-0.05, 0) is 30.8 Å². The number of rotatable bonds is 4. The Kier molecular flexibility index (Phi) is 4.27. The molecule has 2 rings (SSSR count). The lowest BCUT2D eigenvalue weighted by Crippen LogP contribution is -2.27. The Hall–Kier alpha value is -2.35. The van der Waals surface area contributed by atoms with Crippen LogP contribution in [0.4, 0.5) is 10.5 Å². The van der Waals surface area contributed by atoms with Crippen LogP contribution in [0.5, 0.6) is 5.75 Å². The fourth-order valence-electron chi connectivity index (χ4n) is 1.86. The van der Waals surface area contributed by atoms with Crippen molar-refractivity contribution in [2.45, 2.75) is 6.92 Å². The minimum absolute atomic E-state index is 0.114. The lowest BCUT2D eigenvalue weighted by atomic mass is 10.1. The summed E-state index contributed by atoms with van der Waals surface area (Å²) in [6.07, 6.45) is 1.44. The van der Waals surface area contributed by atoms with Crippen LogP contribution >= 0.6 is 11.8 Å². The highest BCUT2D eigenvalue weighted by molar-refractivity contribution is 8.18. The van der Waals surface area contributed by atoms with Gasteiger partial charge in [-0.3, -0.25) is 24.6 Å². The average molecular weight is 308 g/mol. The number of benzene rings is 1. The van der Waals surface area contributed by atoms with Crippen LogP contribution in [-0.2, 0) is 4.79 Å². The number of nitro benzene ring substituents is 1. The zero-order valence-corrected chi connectivity index (χ0v) is 12.2.